The molecule has 0 saturated heterocycles. The van der Waals surface area contributed by atoms with Crippen molar-refractivity contribution < 1.29 is 37.3 Å². The van der Waals surface area contributed by atoms with Crippen molar-refractivity contribution in [2.75, 3.05) is 54.1 Å². The Morgan fingerprint density at radius 2 is 0.958 bits per heavy atom. The van der Waals surface area contributed by atoms with Gasteiger partial charge in [0.05, 0.1) is 34.4 Å². The Labute approximate surface area is 298 Å². The van der Waals surface area contributed by atoms with Gasteiger partial charge in [-0.2, -0.15) is 0 Å². The molecule has 2 unspecified atom stereocenters. The van der Waals surface area contributed by atoms with E-state index in [2.05, 4.69) is 13.8 Å². The number of unbranched alkanes of at least 4 members (excludes halogenated alkanes) is 24. The number of likely N-dealkylation sites (N-methyl/N-ethyl adjacent to an activating group) is 1. The number of hydrogen-bond acceptors (Lipinski definition) is 6. The molecule has 8 nitrogen and oxygen atoms in total. The molecule has 0 heterocycles. The standard InChI is InChI=1S/C39H80NO7P/c1-6-8-10-12-14-15-16-17-18-19-20-21-22-23-24-25-26-28-30-32-39(41)47-38(36-44-34-31-29-27-13-11-9-7-2)37-46-48(42,43)45-35-33-40(3,4)5/h38H,6-37H2,1-5H3/p+1. The van der Waals surface area contributed by atoms with Gasteiger partial charge in [0.25, 0.3) is 0 Å². The van der Waals surface area contributed by atoms with Crippen molar-refractivity contribution in [2.24, 2.45) is 0 Å². The molecule has 0 spiro atoms. The van der Waals surface area contributed by atoms with Crippen molar-refractivity contribution in [3.05, 3.63) is 0 Å². The first-order chi connectivity index (χ1) is 23.1. The third-order valence-electron chi connectivity index (χ3n) is 8.92. The zero-order valence-corrected chi connectivity index (χ0v) is 33.4. The van der Waals surface area contributed by atoms with Crippen molar-refractivity contribution in [3.63, 3.8) is 0 Å². The van der Waals surface area contributed by atoms with E-state index in [1.165, 1.54) is 135 Å². The van der Waals surface area contributed by atoms with Crippen molar-refractivity contribution in [2.45, 2.75) is 193 Å². The molecule has 0 aromatic carbocycles. The van der Waals surface area contributed by atoms with E-state index in [1.807, 2.05) is 21.1 Å². The summed E-state index contributed by atoms with van der Waals surface area (Å²) < 4.78 is 34.8. The summed E-state index contributed by atoms with van der Waals surface area (Å²) in [5, 5.41) is 0. The SMILES string of the molecule is CCCCCCCCCCCCCCCCCCCCCC(=O)OC(COCCCCCCCCC)COP(=O)(O)OCC[N+](C)(C)C. The van der Waals surface area contributed by atoms with Gasteiger partial charge in [-0.15, -0.1) is 0 Å². The lowest BCUT2D eigenvalue weighted by Gasteiger charge is -2.24. The lowest BCUT2D eigenvalue weighted by molar-refractivity contribution is -0.870. The molecule has 0 fully saturated rings. The van der Waals surface area contributed by atoms with E-state index in [9.17, 15) is 14.3 Å². The third-order valence-corrected chi connectivity index (χ3v) is 9.90. The largest absolute Gasteiger partial charge is 0.472 e. The highest BCUT2D eigenvalue weighted by Crippen LogP contribution is 2.43. The van der Waals surface area contributed by atoms with E-state index in [4.69, 9.17) is 18.5 Å². The van der Waals surface area contributed by atoms with Crippen LogP contribution in [0.4, 0.5) is 0 Å². The molecule has 0 amide bonds. The van der Waals surface area contributed by atoms with Crippen LogP contribution >= 0.6 is 7.82 Å². The number of esters is 1. The number of carbonyl (C=O) groups excluding carboxylic acids is 1. The second-order valence-electron chi connectivity index (χ2n) is 15.0. The highest BCUT2D eigenvalue weighted by molar-refractivity contribution is 7.47. The molecule has 0 saturated carbocycles. The highest BCUT2D eigenvalue weighted by atomic mass is 31.2. The molecule has 1 N–H and O–H groups in total. The van der Waals surface area contributed by atoms with Crippen LogP contribution in [0.15, 0.2) is 0 Å². The van der Waals surface area contributed by atoms with Gasteiger partial charge in [0.2, 0.25) is 0 Å². The van der Waals surface area contributed by atoms with Gasteiger partial charge in [0, 0.05) is 13.0 Å². The van der Waals surface area contributed by atoms with Gasteiger partial charge in [0.15, 0.2) is 0 Å². The van der Waals surface area contributed by atoms with Crippen LogP contribution in [0.25, 0.3) is 0 Å². The van der Waals surface area contributed by atoms with Gasteiger partial charge in [-0.05, 0) is 12.8 Å². The summed E-state index contributed by atoms with van der Waals surface area (Å²) in [5.41, 5.74) is 0. The van der Waals surface area contributed by atoms with Crippen LogP contribution < -0.4 is 0 Å². The zero-order chi connectivity index (χ0) is 35.6. The third kappa shape index (κ3) is 36.8. The first-order valence-corrected chi connectivity index (χ1v) is 21.8. The average molecular weight is 707 g/mol. The van der Waals surface area contributed by atoms with E-state index < -0.39 is 13.9 Å². The zero-order valence-electron chi connectivity index (χ0n) is 32.5. The minimum atomic E-state index is -4.25. The average Bonchev–Trinajstić information content (AvgIpc) is 3.03. The summed E-state index contributed by atoms with van der Waals surface area (Å²) >= 11 is 0. The lowest BCUT2D eigenvalue weighted by Crippen LogP contribution is -2.37. The van der Waals surface area contributed by atoms with Crippen LogP contribution in [-0.4, -0.2) is 75.6 Å². The molecular weight excluding hydrogens is 625 g/mol. The molecule has 0 bridgehead atoms. The van der Waals surface area contributed by atoms with Crippen LogP contribution in [0.5, 0.6) is 0 Å². The molecule has 0 radical (unpaired) electrons. The Morgan fingerprint density at radius 1 is 0.562 bits per heavy atom. The quantitative estimate of drug-likeness (QED) is 0.0296. The van der Waals surface area contributed by atoms with E-state index in [0.717, 1.165) is 32.1 Å². The minimum Gasteiger partial charge on any atom is -0.457 e. The first kappa shape index (κ1) is 47.5. The van der Waals surface area contributed by atoms with E-state index in [0.29, 0.717) is 24.1 Å². The van der Waals surface area contributed by atoms with E-state index >= 15 is 0 Å². The second kappa shape index (κ2) is 33.6. The predicted molar refractivity (Wildman–Crippen MR) is 201 cm³/mol. The summed E-state index contributed by atoms with van der Waals surface area (Å²) in [6.07, 6.45) is 32.8. The van der Waals surface area contributed by atoms with Crippen molar-refractivity contribution in [3.8, 4) is 0 Å². The van der Waals surface area contributed by atoms with Crippen LogP contribution in [0.1, 0.15) is 187 Å². The number of carbonyl (C=O) groups is 1. The molecule has 0 rings (SSSR count). The smallest absolute Gasteiger partial charge is 0.457 e. The van der Waals surface area contributed by atoms with Crippen LogP contribution in [0, 0.1) is 0 Å². The van der Waals surface area contributed by atoms with Crippen molar-refractivity contribution in [1.82, 2.24) is 0 Å². The topological polar surface area (TPSA) is 91.3 Å². The number of phosphoric acid groups is 1. The summed E-state index contributed by atoms with van der Waals surface area (Å²) in [4.78, 5) is 22.7. The normalized spacial score (nSPS) is 13.9. The highest BCUT2D eigenvalue weighted by Gasteiger charge is 2.26. The Kier molecular flexibility index (Phi) is 33.3. The first-order valence-electron chi connectivity index (χ1n) is 20.3. The maximum Gasteiger partial charge on any atom is 0.472 e. The minimum absolute atomic E-state index is 0.0931. The maximum absolute atomic E-state index is 12.6. The summed E-state index contributed by atoms with van der Waals surface area (Å²) in [5.74, 6) is -0.311. The molecule has 0 aliphatic heterocycles. The van der Waals surface area contributed by atoms with Gasteiger partial charge < -0.3 is 18.9 Å². The number of hydrogen-bond donors (Lipinski definition) is 1. The summed E-state index contributed by atoms with van der Waals surface area (Å²) in [7, 11) is 1.68. The summed E-state index contributed by atoms with van der Waals surface area (Å²) in [6.45, 7) is 5.62. The van der Waals surface area contributed by atoms with Crippen LogP contribution in [-0.2, 0) is 27.9 Å². The number of phosphoric ester groups is 1. The Balaban J connectivity index is 4.08. The maximum atomic E-state index is 12.6. The molecule has 288 valence electrons. The van der Waals surface area contributed by atoms with Gasteiger partial charge in [0.1, 0.15) is 19.3 Å². The molecular formula is C39H81NO7P+. The summed E-state index contributed by atoms with van der Waals surface area (Å²) in [6, 6.07) is 0. The Bertz CT molecular complexity index is 746. The second-order valence-corrected chi connectivity index (χ2v) is 16.5. The van der Waals surface area contributed by atoms with Gasteiger partial charge in [-0.3, -0.25) is 13.8 Å². The predicted octanol–water partition coefficient (Wildman–Crippen LogP) is 11.3. The molecule has 9 heteroatoms. The molecule has 48 heavy (non-hydrogen) atoms. The van der Waals surface area contributed by atoms with Gasteiger partial charge in [-0.1, -0.05) is 168 Å². The molecule has 0 aliphatic rings. The fraction of sp³-hybridized carbons (Fsp3) is 0.974. The number of ether oxygens (including phenoxy) is 2. The van der Waals surface area contributed by atoms with E-state index in [1.54, 1.807) is 0 Å². The molecule has 0 aliphatic carbocycles. The molecule has 0 aromatic heterocycles. The number of quaternary nitrogens is 1. The molecule has 0 aromatic rings. The number of nitrogens with zero attached hydrogens (tertiary/aromatic N) is 1. The van der Waals surface area contributed by atoms with Gasteiger partial charge >= 0.3 is 13.8 Å². The lowest BCUT2D eigenvalue weighted by atomic mass is 10.0. The van der Waals surface area contributed by atoms with Crippen LogP contribution in [0.2, 0.25) is 0 Å². The fourth-order valence-electron chi connectivity index (χ4n) is 5.73. The van der Waals surface area contributed by atoms with Crippen molar-refractivity contribution >= 4 is 13.8 Å². The van der Waals surface area contributed by atoms with Crippen molar-refractivity contribution in [1.29, 1.82) is 0 Å². The monoisotopic (exact) mass is 707 g/mol. The van der Waals surface area contributed by atoms with Gasteiger partial charge in [-0.25, -0.2) is 4.57 Å². The number of rotatable bonds is 38. The van der Waals surface area contributed by atoms with Crippen LogP contribution in [0.3, 0.4) is 0 Å². The fourth-order valence-corrected chi connectivity index (χ4v) is 6.47. The Morgan fingerprint density at radius 3 is 1.38 bits per heavy atom. The van der Waals surface area contributed by atoms with E-state index in [-0.39, 0.29) is 25.8 Å². The molecule has 2 atom stereocenters. The Hall–Kier alpha value is -0.500.